The van der Waals surface area contributed by atoms with E-state index in [4.69, 9.17) is 4.74 Å². The maximum Gasteiger partial charge on any atom is 0.243 e. The molecule has 2 atom stereocenters. The molecule has 2 aliphatic rings. The molecule has 4 nitrogen and oxygen atoms in total. The molecule has 2 unspecified atom stereocenters. The molecule has 2 saturated heterocycles. The van der Waals surface area contributed by atoms with Crippen molar-refractivity contribution in [2.75, 3.05) is 6.61 Å². The van der Waals surface area contributed by atoms with Gasteiger partial charge in [0.15, 0.2) is 0 Å². The van der Waals surface area contributed by atoms with Crippen molar-refractivity contribution in [1.82, 2.24) is 4.31 Å². The van der Waals surface area contributed by atoms with Crippen LogP contribution in [0, 0.1) is 0 Å². The van der Waals surface area contributed by atoms with Gasteiger partial charge < -0.3 is 4.74 Å². The molecule has 2 aliphatic heterocycles. The smallest absolute Gasteiger partial charge is 0.243 e. The average Bonchev–Trinajstić information content (AvgIpc) is 2.80. The minimum Gasteiger partial charge on any atom is -0.378 e. The number of fused-ring (bicyclic) bond motifs is 2. The lowest BCUT2D eigenvalue weighted by Crippen LogP contribution is -2.48. The van der Waals surface area contributed by atoms with Gasteiger partial charge in [-0.25, -0.2) is 8.42 Å². The molecule has 5 heteroatoms. The lowest BCUT2D eigenvalue weighted by molar-refractivity contribution is 0.00833. The van der Waals surface area contributed by atoms with E-state index in [1.54, 1.807) is 16.4 Å². The number of sulfonamides is 1. The molecule has 2 bridgehead atoms. The fourth-order valence-corrected chi connectivity index (χ4v) is 5.99. The number of rotatable bonds is 4. The van der Waals surface area contributed by atoms with Gasteiger partial charge >= 0.3 is 0 Å². The summed E-state index contributed by atoms with van der Waals surface area (Å²) in [5.74, 6) is 0. The molecule has 1 aromatic rings. The van der Waals surface area contributed by atoms with Crippen molar-refractivity contribution < 1.29 is 13.2 Å². The largest absolute Gasteiger partial charge is 0.378 e. The molecular formula is C19H29NO3S. The van der Waals surface area contributed by atoms with Gasteiger partial charge in [0, 0.05) is 18.7 Å². The number of hydrogen-bond acceptors (Lipinski definition) is 3. The normalized spacial score (nSPS) is 28.2. The third-order valence-electron chi connectivity index (χ3n) is 5.32. The first-order chi connectivity index (χ1) is 11.2. The number of hydrogen-bond donors (Lipinski definition) is 0. The van der Waals surface area contributed by atoms with E-state index in [9.17, 15) is 8.42 Å². The molecule has 134 valence electrons. The predicted molar refractivity (Wildman–Crippen MR) is 95.6 cm³/mol. The molecule has 1 aromatic carbocycles. The molecule has 0 aliphatic carbocycles. The summed E-state index contributed by atoms with van der Waals surface area (Å²) in [5.41, 5.74) is 1.18. The van der Waals surface area contributed by atoms with Gasteiger partial charge in [-0.2, -0.15) is 4.31 Å². The molecule has 0 spiro atoms. The topological polar surface area (TPSA) is 46.6 Å². The van der Waals surface area contributed by atoms with Crippen LogP contribution in [0.15, 0.2) is 29.2 Å². The minimum atomic E-state index is -3.42. The fraction of sp³-hybridized carbons (Fsp3) is 0.684. The van der Waals surface area contributed by atoms with Gasteiger partial charge in [-0.3, -0.25) is 0 Å². The lowest BCUT2D eigenvalue weighted by Gasteiger charge is -2.37. The van der Waals surface area contributed by atoms with Crippen LogP contribution < -0.4 is 0 Å². The molecule has 0 saturated carbocycles. The van der Waals surface area contributed by atoms with Crippen molar-refractivity contribution in [1.29, 1.82) is 0 Å². The van der Waals surface area contributed by atoms with E-state index in [0.29, 0.717) is 11.5 Å². The van der Waals surface area contributed by atoms with E-state index in [1.165, 1.54) is 0 Å². The molecule has 0 radical (unpaired) electrons. The van der Waals surface area contributed by atoms with E-state index in [1.807, 2.05) is 19.1 Å². The molecule has 0 aromatic heterocycles. The first kappa shape index (κ1) is 17.9. The maximum absolute atomic E-state index is 13.2. The fourth-order valence-electron chi connectivity index (χ4n) is 4.10. The number of nitrogens with zero attached hydrogens (tertiary/aromatic N) is 1. The molecule has 24 heavy (non-hydrogen) atoms. The maximum atomic E-state index is 13.2. The second-order valence-corrected chi connectivity index (χ2v) is 9.89. The summed E-state index contributed by atoms with van der Waals surface area (Å²) in [6, 6.07) is 7.61. The van der Waals surface area contributed by atoms with Crippen LogP contribution in [0.4, 0.5) is 0 Å². The van der Waals surface area contributed by atoms with E-state index >= 15 is 0 Å². The van der Waals surface area contributed by atoms with Gasteiger partial charge in [0.1, 0.15) is 0 Å². The Morgan fingerprint density at radius 1 is 1.08 bits per heavy atom. The van der Waals surface area contributed by atoms with Crippen molar-refractivity contribution in [2.24, 2.45) is 0 Å². The van der Waals surface area contributed by atoms with Crippen LogP contribution in [0.5, 0.6) is 0 Å². The second kappa shape index (κ2) is 6.43. The summed E-state index contributed by atoms with van der Waals surface area (Å²) in [4.78, 5) is 0.419. The van der Waals surface area contributed by atoms with Gasteiger partial charge in [0.05, 0.1) is 11.0 Å². The summed E-state index contributed by atoms with van der Waals surface area (Å²) in [5, 5.41) is 0. The zero-order valence-electron chi connectivity index (χ0n) is 15.2. The van der Waals surface area contributed by atoms with E-state index in [2.05, 4.69) is 20.8 Å². The van der Waals surface area contributed by atoms with E-state index < -0.39 is 10.0 Å². The van der Waals surface area contributed by atoms with Crippen molar-refractivity contribution in [2.45, 2.75) is 81.9 Å². The highest BCUT2D eigenvalue weighted by Gasteiger charge is 2.47. The van der Waals surface area contributed by atoms with Gasteiger partial charge in [-0.15, -0.1) is 0 Å². The monoisotopic (exact) mass is 351 g/mol. The molecule has 2 heterocycles. The van der Waals surface area contributed by atoms with Crippen LogP contribution in [-0.2, 0) is 20.2 Å². The minimum absolute atomic E-state index is 0.0250. The van der Waals surface area contributed by atoms with Gasteiger partial charge in [0.25, 0.3) is 0 Å². The summed E-state index contributed by atoms with van der Waals surface area (Å²) < 4.78 is 33.9. The second-order valence-electron chi connectivity index (χ2n) is 8.04. The van der Waals surface area contributed by atoms with Crippen LogP contribution in [0.25, 0.3) is 0 Å². The zero-order chi connectivity index (χ0) is 17.5. The molecular weight excluding hydrogens is 322 g/mol. The first-order valence-corrected chi connectivity index (χ1v) is 10.4. The van der Waals surface area contributed by atoms with Crippen LogP contribution >= 0.6 is 0 Å². The SMILES string of the molecule is CCOC1CC2CCC(C1)N2S(=O)(=O)c1ccc(C(C)(C)C)cc1. The van der Waals surface area contributed by atoms with Crippen molar-refractivity contribution >= 4 is 10.0 Å². The molecule has 0 N–H and O–H groups in total. The predicted octanol–water partition coefficient (Wildman–Crippen LogP) is 3.70. The number of ether oxygens (including phenoxy) is 1. The highest BCUT2D eigenvalue weighted by atomic mass is 32.2. The summed E-state index contributed by atoms with van der Waals surface area (Å²) in [6.07, 6.45) is 3.76. The Kier molecular flexibility index (Phi) is 4.80. The highest BCUT2D eigenvalue weighted by molar-refractivity contribution is 7.89. The Bertz CT molecular complexity index is 662. The number of benzene rings is 1. The van der Waals surface area contributed by atoms with Gasteiger partial charge in [0.2, 0.25) is 10.0 Å². The molecule has 3 rings (SSSR count). The quantitative estimate of drug-likeness (QED) is 0.831. The lowest BCUT2D eigenvalue weighted by atomic mass is 9.87. The third-order valence-corrected chi connectivity index (χ3v) is 7.34. The van der Waals surface area contributed by atoms with Crippen LogP contribution in [0.2, 0.25) is 0 Å². The Morgan fingerprint density at radius 2 is 1.62 bits per heavy atom. The van der Waals surface area contributed by atoms with Gasteiger partial charge in [-0.1, -0.05) is 32.9 Å². The average molecular weight is 352 g/mol. The summed E-state index contributed by atoms with van der Waals surface area (Å²) in [7, 11) is -3.42. The Morgan fingerprint density at radius 3 is 2.08 bits per heavy atom. The third kappa shape index (κ3) is 3.26. The van der Waals surface area contributed by atoms with Gasteiger partial charge in [-0.05, 0) is 55.7 Å². The Hall–Kier alpha value is -0.910. The Balaban J connectivity index is 1.84. The zero-order valence-corrected chi connectivity index (χ0v) is 16.0. The molecule has 2 fully saturated rings. The Labute approximate surface area is 146 Å². The van der Waals surface area contributed by atoms with E-state index in [-0.39, 0.29) is 23.6 Å². The van der Waals surface area contributed by atoms with Crippen LogP contribution in [-0.4, -0.2) is 37.5 Å². The first-order valence-electron chi connectivity index (χ1n) is 8.99. The number of piperidine rings is 1. The molecule has 0 amide bonds. The van der Waals surface area contributed by atoms with Crippen molar-refractivity contribution in [3.63, 3.8) is 0 Å². The van der Waals surface area contributed by atoms with Crippen LogP contribution in [0.1, 0.15) is 58.9 Å². The van der Waals surface area contributed by atoms with E-state index in [0.717, 1.165) is 31.2 Å². The standard InChI is InChI=1S/C19H29NO3S/c1-5-23-17-12-15-8-9-16(13-17)20(15)24(21,22)18-10-6-14(7-11-18)19(2,3)4/h6-7,10-11,15-17H,5,8-9,12-13H2,1-4H3. The summed E-state index contributed by atoms with van der Waals surface area (Å²) >= 11 is 0. The van der Waals surface area contributed by atoms with Crippen LogP contribution in [0.3, 0.4) is 0 Å². The summed E-state index contributed by atoms with van der Waals surface area (Å²) in [6.45, 7) is 9.10. The highest BCUT2D eigenvalue weighted by Crippen LogP contribution is 2.40. The van der Waals surface area contributed by atoms with Crippen molar-refractivity contribution in [3.8, 4) is 0 Å². The van der Waals surface area contributed by atoms with Crippen molar-refractivity contribution in [3.05, 3.63) is 29.8 Å².